The summed E-state index contributed by atoms with van der Waals surface area (Å²) >= 11 is 0. The molecule has 0 bridgehead atoms. The molecule has 158 valence electrons. The zero-order valence-electron chi connectivity index (χ0n) is 16.8. The second-order valence-corrected chi connectivity index (χ2v) is 8.13. The molecule has 3 heterocycles. The number of halogens is 1. The Bertz CT molecular complexity index is 803. The third-order valence-corrected chi connectivity index (χ3v) is 6.28. The van der Waals surface area contributed by atoms with E-state index in [2.05, 4.69) is 10.6 Å². The van der Waals surface area contributed by atoms with Crippen LogP contribution in [0, 0.1) is 17.8 Å². The average Bonchev–Trinajstić information content (AvgIpc) is 2.66. The van der Waals surface area contributed by atoms with Gasteiger partial charge in [-0.3, -0.25) is 14.4 Å². The molecule has 2 N–H and O–H groups in total. The number of Topliss-reactive ketones (excluding diaryl/α,β-unsaturated/α-hetero) is 1. The monoisotopic (exact) mass is 421 g/mol. The Morgan fingerprint density at radius 1 is 1.21 bits per heavy atom. The fraction of sp³-hybridized carbons (Fsp3) is 0.571. The van der Waals surface area contributed by atoms with Gasteiger partial charge in [0.2, 0.25) is 5.91 Å². The minimum Gasteiger partial charge on any atom is -0.479 e. The lowest BCUT2D eigenvalue weighted by atomic mass is 9.85. The number of rotatable bonds is 4. The standard InChI is InChI=1S/C21H27N3O4.ClH/c1-12(16-10-22-11-16)21(27)24-7-5-14(6-8-24)19(25)15-3-4-18-17(9-15)23-20(26)13(2)28-18;/h3-4,9,12-14,16,22H,5-8,10-11H2,1-2H3,(H,23,26);1H. The summed E-state index contributed by atoms with van der Waals surface area (Å²) in [6.45, 7) is 6.78. The van der Waals surface area contributed by atoms with Crippen LogP contribution in [0.15, 0.2) is 18.2 Å². The predicted molar refractivity (Wildman–Crippen MR) is 112 cm³/mol. The first-order valence-electron chi connectivity index (χ1n) is 10.1. The van der Waals surface area contributed by atoms with Crippen LogP contribution >= 0.6 is 12.4 Å². The molecule has 2 atom stereocenters. The van der Waals surface area contributed by atoms with E-state index >= 15 is 0 Å². The Balaban J connectivity index is 0.00000240. The maximum absolute atomic E-state index is 12.9. The number of amides is 2. The van der Waals surface area contributed by atoms with Crippen LogP contribution in [0.5, 0.6) is 5.75 Å². The van der Waals surface area contributed by atoms with Crippen molar-refractivity contribution in [2.45, 2.75) is 32.8 Å². The third-order valence-electron chi connectivity index (χ3n) is 6.28. The van der Waals surface area contributed by atoms with Crippen molar-refractivity contribution in [1.82, 2.24) is 10.2 Å². The number of hydrogen-bond acceptors (Lipinski definition) is 5. The normalized spacial score (nSPS) is 23.0. The van der Waals surface area contributed by atoms with Crippen LogP contribution in [-0.4, -0.2) is 54.8 Å². The van der Waals surface area contributed by atoms with Gasteiger partial charge in [-0.25, -0.2) is 0 Å². The van der Waals surface area contributed by atoms with Gasteiger partial charge < -0.3 is 20.3 Å². The number of hydrogen-bond donors (Lipinski definition) is 2. The highest BCUT2D eigenvalue weighted by Gasteiger charge is 2.35. The molecule has 0 aliphatic carbocycles. The molecule has 2 saturated heterocycles. The summed E-state index contributed by atoms with van der Waals surface area (Å²) in [5.41, 5.74) is 1.13. The molecule has 29 heavy (non-hydrogen) atoms. The van der Waals surface area contributed by atoms with Crippen LogP contribution in [0.2, 0.25) is 0 Å². The average molecular weight is 422 g/mol. The van der Waals surface area contributed by atoms with E-state index in [1.165, 1.54) is 0 Å². The highest BCUT2D eigenvalue weighted by atomic mass is 35.5. The number of nitrogens with zero attached hydrogens (tertiary/aromatic N) is 1. The Morgan fingerprint density at radius 3 is 2.52 bits per heavy atom. The van der Waals surface area contributed by atoms with E-state index in [9.17, 15) is 14.4 Å². The second kappa shape index (κ2) is 8.71. The van der Waals surface area contributed by atoms with E-state index in [0.29, 0.717) is 48.8 Å². The molecule has 0 spiro atoms. The van der Waals surface area contributed by atoms with Crippen LogP contribution in [0.4, 0.5) is 5.69 Å². The number of ketones is 1. The first-order valence-corrected chi connectivity index (χ1v) is 10.1. The zero-order valence-corrected chi connectivity index (χ0v) is 17.6. The van der Waals surface area contributed by atoms with Gasteiger partial charge in [0.15, 0.2) is 11.9 Å². The first kappa shape index (κ1) is 21.6. The molecule has 4 rings (SSSR count). The molecule has 0 radical (unpaired) electrons. The van der Waals surface area contributed by atoms with Crippen molar-refractivity contribution in [3.05, 3.63) is 23.8 Å². The van der Waals surface area contributed by atoms with Crippen LogP contribution in [0.1, 0.15) is 37.0 Å². The number of fused-ring (bicyclic) bond motifs is 1. The molecule has 3 aliphatic rings. The molecule has 1 aromatic rings. The van der Waals surface area contributed by atoms with Crippen molar-refractivity contribution >= 4 is 35.7 Å². The predicted octanol–water partition coefficient (Wildman–Crippen LogP) is 2.10. The van der Waals surface area contributed by atoms with Crippen LogP contribution in [0.3, 0.4) is 0 Å². The van der Waals surface area contributed by atoms with Crippen molar-refractivity contribution < 1.29 is 19.1 Å². The summed E-state index contributed by atoms with van der Waals surface area (Å²) in [7, 11) is 0. The molecule has 0 saturated carbocycles. The molecule has 3 aliphatic heterocycles. The van der Waals surface area contributed by atoms with Gasteiger partial charge in [0.05, 0.1) is 5.69 Å². The van der Waals surface area contributed by atoms with Gasteiger partial charge in [-0.15, -0.1) is 12.4 Å². The number of likely N-dealkylation sites (tertiary alicyclic amines) is 1. The molecule has 2 amide bonds. The number of carbonyl (C=O) groups excluding carboxylic acids is 3. The lowest BCUT2D eigenvalue weighted by molar-refractivity contribution is -0.138. The minimum atomic E-state index is -0.533. The van der Waals surface area contributed by atoms with Crippen LogP contribution < -0.4 is 15.4 Å². The van der Waals surface area contributed by atoms with E-state index < -0.39 is 6.10 Å². The fourth-order valence-corrected chi connectivity index (χ4v) is 4.11. The highest BCUT2D eigenvalue weighted by molar-refractivity contribution is 6.02. The molecule has 2 unspecified atom stereocenters. The summed E-state index contributed by atoms with van der Waals surface area (Å²) < 4.78 is 5.55. The van der Waals surface area contributed by atoms with Gasteiger partial charge in [0.1, 0.15) is 5.75 Å². The van der Waals surface area contributed by atoms with Gasteiger partial charge in [-0.1, -0.05) is 6.92 Å². The van der Waals surface area contributed by atoms with E-state index in [0.717, 1.165) is 13.1 Å². The molecule has 0 aromatic heterocycles. The maximum atomic E-state index is 12.9. The smallest absolute Gasteiger partial charge is 0.265 e. The van der Waals surface area contributed by atoms with Crippen molar-refractivity contribution in [2.24, 2.45) is 17.8 Å². The summed E-state index contributed by atoms with van der Waals surface area (Å²) in [6.07, 6.45) is 0.822. The summed E-state index contributed by atoms with van der Waals surface area (Å²) in [4.78, 5) is 39.3. The maximum Gasteiger partial charge on any atom is 0.265 e. The topological polar surface area (TPSA) is 87.7 Å². The number of benzene rings is 1. The molecular weight excluding hydrogens is 394 g/mol. The molecule has 2 fully saturated rings. The lowest BCUT2D eigenvalue weighted by Gasteiger charge is -2.37. The third kappa shape index (κ3) is 4.26. The van der Waals surface area contributed by atoms with Gasteiger partial charge in [-0.05, 0) is 57.0 Å². The van der Waals surface area contributed by atoms with Crippen molar-refractivity contribution in [1.29, 1.82) is 0 Å². The Labute approximate surface area is 176 Å². The van der Waals surface area contributed by atoms with Crippen LogP contribution in [0.25, 0.3) is 0 Å². The number of carbonyl (C=O) groups is 3. The highest BCUT2D eigenvalue weighted by Crippen LogP contribution is 2.32. The number of ether oxygens (including phenoxy) is 1. The number of nitrogens with one attached hydrogen (secondary N) is 2. The Hall–Kier alpha value is -2.12. The summed E-state index contributed by atoms with van der Waals surface area (Å²) in [6, 6.07) is 5.20. The largest absolute Gasteiger partial charge is 0.479 e. The first-order chi connectivity index (χ1) is 13.4. The zero-order chi connectivity index (χ0) is 19.8. The van der Waals surface area contributed by atoms with Crippen molar-refractivity contribution in [3.8, 4) is 5.75 Å². The lowest BCUT2D eigenvalue weighted by Crippen LogP contribution is -2.51. The van der Waals surface area contributed by atoms with E-state index in [4.69, 9.17) is 4.74 Å². The fourth-order valence-electron chi connectivity index (χ4n) is 4.11. The summed E-state index contributed by atoms with van der Waals surface area (Å²) in [5, 5.41) is 6.01. The van der Waals surface area contributed by atoms with Crippen molar-refractivity contribution in [2.75, 3.05) is 31.5 Å². The van der Waals surface area contributed by atoms with E-state index in [1.807, 2.05) is 11.8 Å². The second-order valence-electron chi connectivity index (χ2n) is 8.13. The minimum absolute atomic E-state index is 0. The Morgan fingerprint density at radius 2 is 1.90 bits per heavy atom. The van der Waals surface area contributed by atoms with Gasteiger partial charge in [0.25, 0.3) is 5.91 Å². The molecule has 7 nitrogen and oxygen atoms in total. The van der Waals surface area contributed by atoms with E-state index in [-0.39, 0.29) is 41.8 Å². The molecule has 1 aromatic carbocycles. The van der Waals surface area contributed by atoms with Crippen LogP contribution in [-0.2, 0) is 9.59 Å². The Kier molecular flexibility index (Phi) is 6.49. The SMILES string of the molecule is CC1Oc2ccc(C(=O)C3CCN(C(=O)C(C)C4CNC4)CC3)cc2NC1=O.Cl. The number of piperidine rings is 1. The quantitative estimate of drug-likeness (QED) is 0.727. The molecule has 8 heteroatoms. The van der Waals surface area contributed by atoms with Gasteiger partial charge >= 0.3 is 0 Å². The van der Waals surface area contributed by atoms with Gasteiger partial charge in [-0.2, -0.15) is 0 Å². The summed E-state index contributed by atoms with van der Waals surface area (Å²) in [5.74, 6) is 1.03. The number of anilines is 1. The van der Waals surface area contributed by atoms with E-state index in [1.54, 1.807) is 25.1 Å². The van der Waals surface area contributed by atoms with Gasteiger partial charge in [0, 0.05) is 30.5 Å². The van der Waals surface area contributed by atoms with Crippen molar-refractivity contribution in [3.63, 3.8) is 0 Å². The molecular formula is C21H28ClN3O4.